The van der Waals surface area contributed by atoms with Crippen LogP contribution in [-0.4, -0.2) is 30.7 Å². The number of hydrogen-bond donors (Lipinski definition) is 0. The van der Waals surface area contributed by atoms with Crippen molar-refractivity contribution >= 4 is 17.5 Å². The lowest BCUT2D eigenvalue weighted by atomic mass is 9.88. The van der Waals surface area contributed by atoms with Crippen LogP contribution in [-0.2, 0) is 14.3 Å². The second-order valence-corrected chi connectivity index (χ2v) is 4.72. The van der Waals surface area contributed by atoms with Gasteiger partial charge >= 0.3 is 5.97 Å². The number of ketones is 2. The van der Waals surface area contributed by atoms with E-state index in [4.69, 9.17) is 4.74 Å². The summed E-state index contributed by atoms with van der Waals surface area (Å²) in [5, 5.41) is 0. The van der Waals surface area contributed by atoms with Gasteiger partial charge < -0.3 is 9.47 Å². The Morgan fingerprint density at radius 1 is 1.30 bits per heavy atom. The summed E-state index contributed by atoms with van der Waals surface area (Å²) in [6.07, 6.45) is 0. The van der Waals surface area contributed by atoms with Gasteiger partial charge in [0.15, 0.2) is 5.78 Å². The summed E-state index contributed by atoms with van der Waals surface area (Å²) in [5.41, 5.74) is 1.96. The first-order valence-corrected chi connectivity index (χ1v) is 6.45. The van der Waals surface area contributed by atoms with Gasteiger partial charge in [0.1, 0.15) is 18.3 Å². The Hall–Kier alpha value is -2.17. The Balaban J connectivity index is 2.35. The minimum Gasteiger partial charge on any atom is -0.491 e. The van der Waals surface area contributed by atoms with Crippen LogP contribution >= 0.6 is 0 Å². The van der Waals surface area contributed by atoms with Crippen LogP contribution in [0.15, 0.2) is 12.1 Å². The van der Waals surface area contributed by atoms with Gasteiger partial charge in [0, 0.05) is 0 Å². The van der Waals surface area contributed by atoms with E-state index in [1.54, 1.807) is 19.9 Å². The zero-order valence-corrected chi connectivity index (χ0v) is 11.7. The molecule has 2 rings (SSSR count). The number of Topliss-reactive ketones (excluding diaryl/α,β-unsaturated/α-hetero) is 2. The number of benzene rings is 1. The van der Waals surface area contributed by atoms with Gasteiger partial charge in [-0.25, -0.2) is 4.79 Å². The largest absolute Gasteiger partial charge is 0.491 e. The first-order chi connectivity index (χ1) is 9.47. The Morgan fingerprint density at radius 2 is 1.95 bits per heavy atom. The van der Waals surface area contributed by atoms with Crippen LogP contribution in [0.1, 0.15) is 28.4 Å². The average Bonchev–Trinajstić information content (AvgIpc) is 2.42. The highest BCUT2D eigenvalue weighted by Gasteiger charge is 2.39. The molecule has 0 bridgehead atoms. The molecule has 1 unspecified atom stereocenters. The van der Waals surface area contributed by atoms with Gasteiger partial charge in [-0.2, -0.15) is 0 Å². The summed E-state index contributed by atoms with van der Waals surface area (Å²) in [5.74, 6) is -2.80. The van der Waals surface area contributed by atoms with E-state index in [1.807, 2.05) is 13.0 Å². The zero-order chi connectivity index (χ0) is 14.9. The second-order valence-electron chi connectivity index (χ2n) is 4.72. The summed E-state index contributed by atoms with van der Waals surface area (Å²) in [6.45, 7) is 5.19. The molecule has 0 aliphatic carbocycles. The predicted molar refractivity (Wildman–Crippen MR) is 70.9 cm³/mol. The third-order valence-corrected chi connectivity index (χ3v) is 3.31. The monoisotopic (exact) mass is 276 g/mol. The lowest BCUT2D eigenvalue weighted by Crippen LogP contribution is -2.39. The van der Waals surface area contributed by atoms with Crippen molar-refractivity contribution in [2.24, 2.45) is 5.92 Å². The SMILES string of the molecule is CCOC(=O)C(=O)C1COc2c(C)ccc(C)c2C1=O. The van der Waals surface area contributed by atoms with E-state index in [0.717, 1.165) is 11.1 Å². The minimum absolute atomic E-state index is 0.0983. The van der Waals surface area contributed by atoms with E-state index in [1.165, 1.54) is 0 Å². The van der Waals surface area contributed by atoms with Crippen molar-refractivity contribution in [2.45, 2.75) is 20.8 Å². The third kappa shape index (κ3) is 2.31. The fraction of sp³-hybridized carbons (Fsp3) is 0.400. The van der Waals surface area contributed by atoms with Crippen LogP contribution < -0.4 is 4.74 Å². The lowest BCUT2D eigenvalue weighted by Gasteiger charge is -2.25. The molecule has 1 aromatic rings. The molecule has 0 spiro atoms. The molecule has 5 nitrogen and oxygen atoms in total. The van der Waals surface area contributed by atoms with Crippen molar-refractivity contribution in [1.29, 1.82) is 0 Å². The molecule has 1 heterocycles. The molecule has 1 atom stereocenters. The van der Waals surface area contributed by atoms with E-state index >= 15 is 0 Å². The number of fused-ring (bicyclic) bond motifs is 1. The van der Waals surface area contributed by atoms with Gasteiger partial charge in [-0.15, -0.1) is 0 Å². The molecular weight excluding hydrogens is 260 g/mol. The van der Waals surface area contributed by atoms with Crippen LogP contribution in [0.2, 0.25) is 0 Å². The van der Waals surface area contributed by atoms with Crippen molar-refractivity contribution in [1.82, 2.24) is 0 Å². The molecule has 1 aliphatic heterocycles. The fourth-order valence-corrected chi connectivity index (χ4v) is 2.23. The number of carbonyl (C=O) groups is 3. The number of carbonyl (C=O) groups excluding carboxylic acids is 3. The smallest absolute Gasteiger partial charge is 0.375 e. The minimum atomic E-state index is -1.11. The summed E-state index contributed by atoms with van der Waals surface area (Å²) in [6, 6.07) is 3.65. The highest BCUT2D eigenvalue weighted by atomic mass is 16.5. The van der Waals surface area contributed by atoms with Crippen LogP contribution in [0.25, 0.3) is 0 Å². The molecule has 106 valence electrons. The second kappa shape index (κ2) is 5.45. The molecule has 0 aromatic heterocycles. The van der Waals surface area contributed by atoms with Gasteiger partial charge in [-0.3, -0.25) is 9.59 Å². The quantitative estimate of drug-likeness (QED) is 0.477. The van der Waals surface area contributed by atoms with E-state index in [-0.39, 0.29) is 19.0 Å². The fourth-order valence-electron chi connectivity index (χ4n) is 2.23. The van der Waals surface area contributed by atoms with Crippen LogP contribution in [0, 0.1) is 19.8 Å². The summed E-state index contributed by atoms with van der Waals surface area (Å²) < 4.78 is 10.2. The predicted octanol–water partition coefficient (Wildman–Crippen LogP) is 1.63. The number of hydrogen-bond acceptors (Lipinski definition) is 5. The number of esters is 1. The normalized spacial score (nSPS) is 17.1. The number of rotatable bonds is 3. The van der Waals surface area contributed by atoms with Gasteiger partial charge in [-0.05, 0) is 31.9 Å². The van der Waals surface area contributed by atoms with Crippen LogP contribution in [0.5, 0.6) is 5.75 Å². The van der Waals surface area contributed by atoms with Crippen LogP contribution in [0.4, 0.5) is 0 Å². The maximum absolute atomic E-state index is 12.4. The maximum atomic E-state index is 12.4. The summed E-state index contributed by atoms with van der Waals surface area (Å²) in [4.78, 5) is 35.8. The standard InChI is InChI=1S/C15H16O5/c1-4-19-15(18)13(17)10-7-20-14-9(3)6-5-8(2)11(14)12(10)16/h5-6,10H,4,7H2,1-3H3. The van der Waals surface area contributed by atoms with Crippen LogP contribution in [0.3, 0.4) is 0 Å². The van der Waals surface area contributed by atoms with Gasteiger partial charge in [-0.1, -0.05) is 12.1 Å². The number of ether oxygens (including phenoxy) is 2. The Morgan fingerprint density at radius 3 is 2.60 bits per heavy atom. The van der Waals surface area contributed by atoms with Gasteiger partial charge in [0.05, 0.1) is 12.2 Å². The molecule has 1 aromatic carbocycles. The van der Waals surface area contributed by atoms with Gasteiger partial charge in [0.2, 0.25) is 0 Å². The van der Waals surface area contributed by atoms with Crippen molar-refractivity contribution in [3.8, 4) is 5.75 Å². The molecule has 20 heavy (non-hydrogen) atoms. The Bertz CT molecular complexity index is 588. The average molecular weight is 276 g/mol. The van der Waals surface area contributed by atoms with Crippen molar-refractivity contribution < 1.29 is 23.9 Å². The number of aryl methyl sites for hydroxylation is 2. The molecule has 0 saturated heterocycles. The molecule has 0 radical (unpaired) electrons. The molecule has 0 N–H and O–H groups in total. The third-order valence-electron chi connectivity index (χ3n) is 3.31. The van der Waals surface area contributed by atoms with E-state index in [0.29, 0.717) is 11.3 Å². The van der Waals surface area contributed by atoms with E-state index in [2.05, 4.69) is 4.74 Å². The lowest BCUT2D eigenvalue weighted by molar-refractivity contribution is -0.155. The summed E-state index contributed by atoms with van der Waals surface area (Å²) >= 11 is 0. The Labute approximate surface area is 116 Å². The maximum Gasteiger partial charge on any atom is 0.375 e. The Kier molecular flexibility index (Phi) is 3.88. The zero-order valence-electron chi connectivity index (χ0n) is 11.7. The van der Waals surface area contributed by atoms with E-state index < -0.39 is 17.7 Å². The summed E-state index contributed by atoms with van der Waals surface area (Å²) in [7, 11) is 0. The highest BCUT2D eigenvalue weighted by Crippen LogP contribution is 2.33. The molecule has 1 aliphatic rings. The first-order valence-electron chi connectivity index (χ1n) is 6.45. The van der Waals surface area contributed by atoms with Crippen molar-refractivity contribution in [3.63, 3.8) is 0 Å². The van der Waals surface area contributed by atoms with Crippen molar-refractivity contribution in [3.05, 3.63) is 28.8 Å². The first kappa shape index (κ1) is 14.2. The molecule has 0 saturated carbocycles. The highest BCUT2D eigenvalue weighted by molar-refractivity contribution is 6.40. The molecular formula is C15H16O5. The van der Waals surface area contributed by atoms with Crippen molar-refractivity contribution in [2.75, 3.05) is 13.2 Å². The molecule has 5 heteroatoms. The molecule has 0 amide bonds. The van der Waals surface area contributed by atoms with Gasteiger partial charge in [0.25, 0.3) is 5.78 Å². The van der Waals surface area contributed by atoms with E-state index in [9.17, 15) is 14.4 Å². The topological polar surface area (TPSA) is 69.7 Å². The molecule has 0 fully saturated rings.